The molecule has 0 fully saturated rings. The highest BCUT2D eigenvalue weighted by Crippen LogP contribution is 2.33. The lowest BCUT2D eigenvalue weighted by molar-refractivity contribution is -0.143. The molecule has 102 valence electrons. The van der Waals surface area contributed by atoms with Crippen molar-refractivity contribution in [1.29, 1.82) is 0 Å². The Hall–Kier alpha value is -1.43. The van der Waals surface area contributed by atoms with Crippen LogP contribution >= 0.6 is 35.6 Å². The number of anilines is 1. The molecule has 2 N–H and O–H groups in total. The zero-order chi connectivity index (χ0) is 13.3. The standard InChI is InChI=1S/C11H8Cl2N2O3.ClH/c12-8-6-15(7-4-2-1-3-5-7)14-9(16)11(8,13)10(17)18;/h1-6H,(H,14,16)(H,17,18);1H. The largest absolute Gasteiger partial charge is 0.479 e. The summed E-state index contributed by atoms with van der Waals surface area (Å²) in [6, 6.07) is 8.79. The monoisotopic (exact) mass is 322 g/mol. The number of hydrogen-bond acceptors (Lipinski definition) is 3. The Morgan fingerprint density at radius 2 is 1.89 bits per heavy atom. The molecule has 5 nitrogen and oxygen atoms in total. The van der Waals surface area contributed by atoms with Gasteiger partial charge in [-0.1, -0.05) is 41.4 Å². The van der Waals surface area contributed by atoms with Gasteiger partial charge in [0.05, 0.1) is 10.7 Å². The van der Waals surface area contributed by atoms with Gasteiger partial charge in [-0.3, -0.25) is 15.2 Å². The summed E-state index contributed by atoms with van der Waals surface area (Å²) in [5, 5.41) is 10.00. The van der Waals surface area contributed by atoms with Gasteiger partial charge in [0.1, 0.15) is 0 Å². The first-order chi connectivity index (χ1) is 8.46. The molecule has 1 aliphatic heterocycles. The zero-order valence-corrected chi connectivity index (χ0v) is 11.7. The average molecular weight is 324 g/mol. The normalized spacial score (nSPS) is 22.1. The Morgan fingerprint density at radius 1 is 1.32 bits per heavy atom. The van der Waals surface area contributed by atoms with Crippen LogP contribution in [0.2, 0.25) is 0 Å². The number of carboxylic acids is 1. The van der Waals surface area contributed by atoms with E-state index >= 15 is 0 Å². The predicted octanol–water partition coefficient (Wildman–Crippen LogP) is 2.10. The molecule has 1 amide bonds. The van der Waals surface area contributed by atoms with E-state index in [2.05, 4.69) is 5.43 Å². The molecule has 1 atom stereocenters. The molecule has 0 bridgehead atoms. The highest BCUT2D eigenvalue weighted by atomic mass is 35.5. The van der Waals surface area contributed by atoms with E-state index in [0.29, 0.717) is 5.69 Å². The van der Waals surface area contributed by atoms with Crippen molar-refractivity contribution in [3.8, 4) is 0 Å². The van der Waals surface area contributed by atoms with Crippen LogP contribution in [-0.2, 0) is 9.59 Å². The van der Waals surface area contributed by atoms with Crippen molar-refractivity contribution in [2.45, 2.75) is 4.87 Å². The maximum absolute atomic E-state index is 11.8. The van der Waals surface area contributed by atoms with Gasteiger partial charge in [0.15, 0.2) is 0 Å². The van der Waals surface area contributed by atoms with Crippen molar-refractivity contribution in [2.75, 3.05) is 5.01 Å². The number of aliphatic carboxylic acids is 1. The highest BCUT2D eigenvalue weighted by Gasteiger charge is 2.51. The molecule has 0 aliphatic carbocycles. The summed E-state index contributed by atoms with van der Waals surface area (Å²) < 4.78 is 0. The van der Waals surface area contributed by atoms with Crippen LogP contribution in [0.4, 0.5) is 5.69 Å². The third-order valence-electron chi connectivity index (χ3n) is 2.44. The summed E-state index contributed by atoms with van der Waals surface area (Å²) in [5.41, 5.74) is 2.99. The van der Waals surface area contributed by atoms with Gasteiger partial charge in [0.2, 0.25) is 0 Å². The summed E-state index contributed by atoms with van der Waals surface area (Å²) in [6.45, 7) is 0. The number of nitrogens with zero attached hydrogens (tertiary/aromatic N) is 1. The van der Waals surface area contributed by atoms with E-state index < -0.39 is 16.8 Å². The fraction of sp³-hybridized carbons (Fsp3) is 0.0909. The lowest BCUT2D eigenvalue weighted by atomic mass is 10.1. The number of carbonyl (C=O) groups excluding carboxylic acids is 1. The van der Waals surface area contributed by atoms with E-state index in [4.69, 9.17) is 28.3 Å². The number of para-hydroxylation sites is 1. The minimum atomic E-state index is -2.27. The SMILES string of the molecule is Cl.O=C(O)C1(Cl)C(=O)NN(c2ccccc2)C=C1Cl. The van der Waals surface area contributed by atoms with Crippen molar-refractivity contribution in [3.63, 3.8) is 0 Å². The van der Waals surface area contributed by atoms with Gasteiger partial charge in [0.25, 0.3) is 10.8 Å². The third-order valence-corrected chi connectivity index (χ3v) is 3.45. The quantitative estimate of drug-likeness (QED) is 0.646. The number of hydrazine groups is 1. The molecule has 1 aliphatic rings. The lowest BCUT2D eigenvalue weighted by Crippen LogP contribution is -2.57. The predicted molar refractivity (Wildman–Crippen MR) is 74.5 cm³/mol. The second-order valence-corrected chi connectivity index (χ2v) is 4.56. The lowest BCUT2D eigenvalue weighted by Gasteiger charge is -2.32. The number of carbonyl (C=O) groups is 2. The summed E-state index contributed by atoms with van der Waals surface area (Å²) in [6.07, 6.45) is 1.26. The maximum Gasteiger partial charge on any atom is 0.340 e. The van der Waals surface area contributed by atoms with Gasteiger partial charge in [-0.15, -0.1) is 12.4 Å². The van der Waals surface area contributed by atoms with Gasteiger partial charge in [0, 0.05) is 6.20 Å². The molecule has 1 aromatic carbocycles. The third kappa shape index (κ3) is 2.63. The molecule has 0 radical (unpaired) electrons. The number of hydrogen-bond donors (Lipinski definition) is 2. The molecular formula is C11H9Cl3N2O3. The fourth-order valence-electron chi connectivity index (χ4n) is 1.46. The van der Waals surface area contributed by atoms with E-state index in [9.17, 15) is 9.59 Å². The first kappa shape index (κ1) is 15.6. The van der Waals surface area contributed by atoms with Gasteiger partial charge in [-0.2, -0.15) is 0 Å². The number of amides is 1. The molecule has 0 saturated heterocycles. The van der Waals surface area contributed by atoms with E-state index in [1.54, 1.807) is 24.3 Å². The molecule has 19 heavy (non-hydrogen) atoms. The van der Waals surface area contributed by atoms with Crippen molar-refractivity contribution >= 4 is 53.2 Å². The first-order valence-electron chi connectivity index (χ1n) is 4.91. The number of alkyl halides is 1. The van der Waals surface area contributed by atoms with Crippen molar-refractivity contribution in [3.05, 3.63) is 41.6 Å². The number of halogens is 3. The smallest absolute Gasteiger partial charge is 0.340 e. The second kappa shape index (κ2) is 5.69. The minimum absolute atomic E-state index is 0. The van der Waals surface area contributed by atoms with Gasteiger partial charge >= 0.3 is 5.97 Å². The minimum Gasteiger partial charge on any atom is -0.479 e. The van der Waals surface area contributed by atoms with Crippen LogP contribution in [0.15, 0.2) is 41.6 Å². The van der Waals surface area contributed by atoms with Gasteiger partial charge < -0.3 is 5.11 Å². The van der Waals surface area contributed by atoms with Crippen LogP contribution in [0.5, 0.6) is 0 Å². The Balaban J connectivity index is 0.00000180. The first-order valence-corrected chi connectivity index (χ1v) is 5.67. The van der Waals surface area contributed by atoms with Crippen LogP contribution in [0.1, 0.15) is 0 Å². The Labute approximate surface area is 125 Å². The molecule has 0 aromatic heterocycles. The van der Waals surface area contributed by atoms with Crippen molar-refractivity contribution < 1.29 is 14.7 Å². The molecule has 1 unspecified atom stereocenters. The molecule has 0 spiro atoms. The van der Waals surface area contributed by atoms with Crippen LogP contribution in [0.25, 0.3) is 0 Å². The summed E-state index contributed by atoms with van der Waals surface area (Å²) >= 11 is 11.5. The topological polar surface area (TPSA) is 69.6 Å². The van der Waals surface area contributed by atoms with E-state index in [1.807, 2.05) is 6.07 Å². The molecule has 0 saturated carbocycles. The second-order valence-electron chi connectivity index (χ2n) is 3.59. The summed E-state index contributed by atoms with van der Waals surface area (Å²) in [7, 11) is 0. The highest BCUT2D eigenvalue weighted by molar-refractivity contribution is 6.55. The summed E-state index contributed by atoms with van der Waals surface area (Å²) in [4.78, 5) is 20.5. The summed E-state index contributed by atoms with van der Waals surface area (Å²) in [5.74, 6) is -2.43. The number of benzene rings is 1. The Morgan fingerprint density at radius 3 is 2.37 bits per heavy atom. The van der Waals surface area contributed by atoms with Crippen LogP contribution in [0.3, 0.4) is 0 Å². The number of carboxylic acid groups (broad SMARTS) is 1. The van der Waals surface area contributed by atoms with E-state index in [-0.39, 0.29) is 17.4 Å². The molecule has 2 rings (SSSR count). The molecule has 8 heteroatoms. The van der Waals surface area contributed by atoms with Crippen LogP contribution < -0.4 is 10.4 Å². The van der Waals surface area contributed by atoms with Gasteiger partial charge in [-0.25, -0.2) is 4.79 Å². The van der Waals surface area contributed by atoms with Crippen LogP contribution in [0, 0.1) is 0 Å². The number of nitrogens with one attached hydrogen (secondary N) is 1. The van der Waals surface area contributed by atoms with Crippen LogP contribution in [-0.4, -0.2) is 21.9 Å². The average Bonchev–Trinajstić information content (AvgIpc) is 2.36. The van der Waals surface area contributed by atoms with Gasteiger partial charge in [-0.05, 0) is 12.1 Å². The van der Waals surface area contributed by atoms with Crippen molar-refractivity contribution in [2.24, 2.45) is 0 Å². The van der Waals surface area contributed by atoms with E-state index in [0.717, 1.165) is 0 Å². The number of rotatable bonds is 2. The zero-order valence-electron chi connectivity index (χ0n) is 9.34. The maximum atomic E-state index is 11.8. The molecule has 1 aromatic rings. The Bertz CT molecular complexity index is 535. The molecular weight excluding hydrogens is 314 g/mol. The Kier molecular flexibility index (Phi) is 4.68. The van der Waals surface area contributed by atoms with E-state index in [1.165, 1.54) is 11.2 Å². The fourth-order valence-corrected chi connectivity index (χ4v) is 1.81. The van der Waals surface area contributed by atoms with Crippen molar-refractivity contribution in [1.82, 2.24) is 5.43 Å². The molecule has 1 heterocycles.